The van der Waals surface area contributed by atoms with Crippen LogP contribution in [0.1, 0.15) is 120 Å². The molecule has 0 unspecified atom stereocenters. The Labute approximate surface area is 220 Å². The first kappa shape index (κ1) is 29.6. The summed E-state index contributed by atoms with van der Waals surface area (Å²) in [6.07, 6.45) is 12.1. The highest BCUT2D eigenvalue weighted by molar-refractivity contribution is 6.59. The van der Waals surface area contributed by atoms with Gasteiger partial charge in [-0.25, -0.2) is 0 Å². The Kier molecular flexibility index (Phi) is 10.8. The van der Waals surface area contributed by atoms with Crippen molar-refractivity contribution in [2.45, 2.75) is 145 Å². The van der Waals surface area contributed by atoms with Gasteiger partial charge in [0.25, 0.3) is 0 Å². The third kappa shape index (κ3) is 8.04. The fourth-order valence-corrected chi connectivity index (χ4v) is 10.3. The molecule has 0 aliphatic heterocycles. The fraction of sp³-hybridized carbons (Fsp3) is 1.00. The van der Waals surface area contributed by atoms with E-state index in [2.05, 4.69) is 68.9 Å². The molecular weight excluding hydrogens is 448 g/mol. The Morgan fingerprint density at radius 2 is 0.743 bits per heavy atom. The Balaban J connectivity index is 1.88. The topological polar surface area (TPSA) is 27.7 Å². The maximum atomic E-state index is 7.25. The summed E-state index contributed by atoms with van der Waals surface area (Å²) >= 11 is 0. The van der Waals surface area contributed by atoms with Crippen LogP contribution in [0.5, 0.6) is 0 Å². The van der Waals surface area contributed by atoms with Crippen LogP contribution in [-0.4, -0.2) is 27.1 Å². The van der Waals surface area contributed by atoms with Crippen LogP contribution in [0.4, 0.5) is 0 Å². The zero-order chi connectivity index (χ0) is 25.9. The van der Waals surface area contributed by atoms with Gasteiger partial charge in [0.2, 0.25) is 0 Å². The summed E-state index contributed by atoms with van der Waals surface area (Å²) < 4.78 is 21.7. The van der Waals surface area contributed by atoms with E-state index in [9.17, 15) is 0 Å². The molecule has 0 radical (unpaired) electrons. The van der Waals surface area contributed by atoms with E-state index in [0.29, 0.717) is 35.5 Å². The molecule has 3 nitrogen and oxygen atoms in total. The molecule has 0 N–H and O–H groups in total. The van der Waals surface area contributed by atoms with E-state index in [-0.39, 0.29) is 18.3 Å². The molecular formula is C31H60O3Si. The highest BCUT2D eigenvalue weighted by Crippen LogP contribution is 2.43. The van der Waals surface area contributed by atoms with Gasteiger partial charge in [-0.1, -0.05) is 81.6 Å². The average Bonchev–Trinajstić information content (AvgIpc) is 2.72. The monoisotopic (exact) mass is 508 g/mol. The predicted octanol–water partition coefficient (Wildman–Crippen LogP) is 8.99. The Hall–Kier alpha value is 0.0969. The van der Waals surface area contributed by atoms with E-state index in [4.69, 9.17) is 13.3 Å². The minimum Gasteiger partial charge on any atom is -0.370 e. The van der Waals surface area contributed by atoms with Gasteiger partial charge in [0, 0.05) is 6.55 Å². The molecule has 35 heavy (non-hydrogen) atoms. The highest BCUT2D eigenvalue weighted by atomic mass is 28.4. The minimum absolute atomic E-state index is 0.271. The molecule has 4 heteroatoms. The molecule has 0 heterocycles. The first-order chi connectivity index (χ1) is 16.4. The van der Waals surface area contributed by atoms with Crippen molar-refractivity contribution in [3.8, 4) is 0 Å². The van der Waals surface area contributed by atoms with Crippen LogP contribution in [-0.2, 0) is 13.3 Å². The summed E-state index contributed by atoms with van der Waals surface area (Å²) in [5.74, 6) is 5.94. The Morgan fingerprint density at radius 1 is 0.486 bits per heavy atom. The Morgan fingerprint density at radius 3 is 0.971 bits per heavy atom. The molecule has 0 aromatic heterocycles. The lowest BCUT2D eigenvalue weighted by atomic mass is 9.75. The quantitative estimate of drug-likeness (QED) is 0.291. The third-order valence-corrected chi connectivity index (χ3v) is 12.2. The molecule has 0 bridgehead atoms. The fourth-order valence-electron chi connectivity index (χ4n) is 7.66. The van der Waals surface area contributed by atoms with Gasteiger partial charge in [0.1, 0.15) is 0 Å². The number of hydrogen-bond acceptors (Lipinski definition) is 3. The summed E-state index contributed by atoms with van der Waals surface area (Å²) in [7, 11) is -2.86. The second kappa shape index (κ2) is 12.8. The minimum atomic E-state index is -2.86. The van der Waals surface area contributed by atoms with Crippen molar-refractivity contribution in [2.75, 3.05) is 0 Å². The molecule has 3 saturated carbocycles. The van der Waals surface area contributed by atoms with Gasteiger partial charge < -0.3 is 13.3 Å². The normalized spacial score (nSPS) is 39.5. The van der Waals surface area contributed by atoms with Crippen LogP contribution in [0.2, 0.25) is 6.55 Å². The summed E-state index contributed by atoms with van der Waals surface area (Å²) in [5, 5.41) is 0. The lowest BCUT2D eigenvalue weighted by molar-refractivity contribution is -0.0921. The van der Waals surface area contributed by atoms with E-state index in [1.165, 1.54) is 38.5 Å². The number of rotatable bonds is 9. The Bertz CT molecular complexity index is 551. The van der Waals surface area contributed by atoms with Gasteiger partial charge >= 0.3 is 8.80 Å². The van der Waals surface area contributed by atoms with Crippen molar-refractivity contribution in [1.82, 2.24) is 0 Å². The van der Waals surface area contributed by atoms with Crippen molar-refractivity contribution >= 4 is 8.80 Å². The van der Waals surface area contributed by atoms with E-state index in [1.807, 2.05) is 0 Å². The van der Waals surface area contributed by atoms with Crippen molar-refractivity contribution < 1.29 is 13.3 Å². The summed E-state index contributed by atoms with van der Waals surface area (Å²) in [6.45, 7) is 23.8. The van der Waals surface area contributed by atoms with E-state index < -0.39 is 8.80 Å². The molecule has 0 spiro atoms. The molecule has 3 fully saturated rings. The SMILES string of the molecule is CC(C)[C@@H]1CC[C@@H](C)C[C@H]1O[Si](C)(O[C@@H]1C[C@H](C)CC[C@H]1C(C)C)O[C@@H]1C[C@H](C)CC[C@H]1C(C)C. The first-order valence-electron chi connectivity index (χ1n) is 15.4. The first-order valence-corrected chi connectivity index (χ1v) is 17.6. The summed E-state index contributed by atoms with van der Waals surface area (Å²) in [6, 6.07) is 0. The average molecular weight is 509 g/mol. The van der Waals surface area contributed by atoms with Gasteiger partial charge in [0.15, 0.2) is 0 Å². The van der Waals surface area contributed by atoms with Crippen molar-refractivity contribution in [3.63, 3.8) is 0 Å². The highest BCUT2D eigenvalue weighted by Gasteiger charge is 2.49. The molecule has 0 amide bonds. The van der Waals surface area contributed by atoms with Gasteiger partial charge in [-0.2, -0.15) is 0 Å². The summed E-state index contributed by atoms with van der Waals surface area (Å²) in [4.78, 5) is 0. The van der Waals surface area contributed by atoms with E-state index in [1.54, 1.807) is 0 Å². The van der Waals surface area contributed by atoms with Crippen LogP contribution >= 0.6 is 0 Å². The lowest BCUT2D eigenvalue weighted by Crippen LogP contribution is -2.56. The van der Waals surface area contributed by atoms with Gasteiger partial charge in [0.05, 0.1) is 18.3 Å². The molecule has 0 saturated heterocycles. The molecule has 3 rings (SSSR count). The zero-order valence-electron chi connectivity index (χ0n) is 25.0. The third-order valence-electron chi connectivity index (χ3n) is 9.98. The van der Waals surface area contributed by atoms with Gasteiger partial charge in [-0.15, -0.1) is 0 Å². The molecule has 3 aliphatic rings. The van der Waals surface area contributed by atoms with Gasteiger partial charge in [-0.05, 0) is 91.8 Å². The van der Waals surface area contributed by atoms with Crippen molar-refractivity contribution in [1.29, 1.82) is 0 Å². The summed E-state index contributed by atoms with van der Waals surface area (Å²) in [5.41, 5.74) is 0. The molecule has 3 aliphatic carbocycles. The molecule has 0 aromatic rings. The van der Waals surface area contributed by atoms with E-state index in [0.717, 1.165) is 37.0 Å². The van der Waals surface area contributed by atoms with E-state index >= 15 is 0 Å². The molecule has 0 aromatic carbocycles. The standard InChI is InChI=1S/C31H60O3Si/c1-20(2)26-14-11-23(7)17-29(26)32-35(10,33-30-18-24(8)12-15-27(30)21(3)4)34-31-19-25(9)13-16-28(31)22(5)6/h20-31H,11-19H2,1-10H3/t23-,24-,25-,26+,27+,28+,29-,30-,31-/m1/s1. The smallest absolute Gasteiger partial charge is 0.370 e. The van der Waals surface area contributed by atoms with Crippen molar-refractivity contribution in [2.24, 2.45) is 53.3 Å². The number of hydrogen-bond donors (Lipinski definition) is 0. The maximum absolute atomic E-state index is 7.25. The lowest BCUT2D eigenvalue weighted by Gasteiger charge is -2.47. The molecule has 206 valence electrons. The van der Waals surface area contributed by atoms with Crippen LogP contribution in [0.3, 0.4) is 0 Å². The van der Waals surface area contributed by atoms with Crippen molar-refractivity contribution in [3.05, 3.63) is 0 Å². The second-order valence-corrected chi connectivity index (χ2v) is 16.7. The van der Waals surface area contributed by atoms with Crippen LogP contribution in [0.15, 0.2) is 0 Å². The van der Waals surface area contributed by atoms with Crippen LogP contribution in [0, 0.1) is 53.3 Å². The molecule has 9 atom stereocenters. The largest absolute Gasteiger partial charge is 0.498 e. The predicted molar refractivity (Wildman–Crippen MR) is 150 cm³/mol. The van der Waals surface area contributed by atoms with Crippen LogP contribution in [0.25, 0.3) is 0 Å². The van der Waals surface area contributed by atoms with Crippen LogP contribution < -0.4 is 0 Å². The zero-order valence-corrected chi connectivity index (χ0v) is 26.0. The second-order valence-electron chi connectivity index (χ2n) is 14.3. The maximum Gasteiger partial charge on any atom is 0.498 e. The van der Waals surface area contributed by atoms with Gasteiger partial charge in [-0.3, -0.25) is 0 Å².